The largest absolute Gasteiger partial charge is 0.348 e. The Hall–Kier alpha value is -2.05. The number of carbonyl (C=O) groups is 1. The van der Waals surface area contributed by atoms with Crippen molar-refractivity contribution in [3.63, 3.8) is 0 Å². The lowest BCUT2D eigenvalue weighted by atomic mass is 10.1. The first-order chi connectivity index (χ1) is 12.4. The van der Waals surface area contributed by atoms with Crippen molar-refractivity contribution in [2.45, 2.75) is 26.3 Å². The Bertz CT molecular complexity index is 928. The van der Waals surface area contributed by atoms with Crippen LogP contribution in [-0.4, -0.2) is 26.6 Å². The predicted octanol–water partition coefficient (Wildman–Crippen LogP) is 3.51. The third-order valence-electron chi connectivity index (χ3n) is 4.53. The van der Waals surface area contributed by atoms with Crippen LogP contribution in [-0.2, 0) is 16.6 Å². The topological polar surface area (TPSA) is 66.5 Å². The summed E-state index contributed by atoms with van der Waals surface area (Å²) in [5.74, 6) is -0.159. The minimum Gasteiger partial charge on any atom is -0.348 e. The van der Waals surface area contributed by atoms with Gasteiger partial charge in [0.25, 0.3) is 5.91 Å². The molecular weight excluding hydrogens is 372 g/mol. The number of amides is 1. The van der Waals surface area contributed by atoms with E-state index in [0.29, 0.717) is 35.8 Å². The maximum absolute atomic E-state index is 12.5. The normalized spacial score (nSPS) is 16.3. The zero-order valence-electron chi connectivity index (χ0n) is 14.5. The Labute approximate surface area is 159 Å². The molecule has 5 nitrogen and oxygen atoms in total. The van der Waals surface area contributed by atoms with E-state index in [1.54, 1.807) is 18.2 Å². The second-order valence-electron chi connectivity index (χ2n) is 6.37. The van der Waals surface area contributed by atoms with Crippen molar-refractivity contribution in [3.8, 4) is 0 Å². The summed E-state index contributed by atoms with van der Waals surface area (Å²) in [5.41, 5.74) is 2.89. The van der Waals surface area contributed by atoms with E-state index in [-0.39, 0.29) is 11.7 Å². The van der Waals surface area contributed by atoms with Gasteiger partial charge in [0.05, 0.1) is 16.5 Å². The van der Waals surface area contributed by atoms with Crippen LogP contribution in [0.25, 0.3) is 0 Å². The molecule has 0 atom stereocenters. The van der Waals surface area contributed by atoms with E-state index in [2.05, 4.69) is 5.32 Å². The number of carbonyl (C=O) groups excluding carboxylic acids is 1. The van der Waals surface area contributed by atoms with Gasteiger partial charge in [-0.25, -0.2) is 8.42 Å². The third-order valence-corrected chi connectivity index (χ3v) is 6.70. The van der Waals surface area contributed by atoms with Gasteiger partial charge in [-0.1, -0.05) is 35.9 Å². The minimum absolute atomic E-state index is 0.104. The Balaban J connectivity index is 1.80. The quantitative estimate of drug-likeness (QED) is 0.865. The first-order valence-corrected chi connectivity index (χ1v) is 10.5. The number of hydrogen-bond donors (Lipinski definition) is 1. The van der Waals surface area contributed by atoms with E-state index in [1.807, 2.05) is 31.2 Å². The molecule has 1 N–H and O–H groups in total. The van der Waals surface area contributed by atoms with Crippen molar-refractivity contribution in [1.82, 2.24) is 5.32 Å². The molecule has 0 spiro atoms. The van der Waals surface area contributed by atoms with Crippen LogP contribution < -0.4 is 9.62 Å². The van der Waals surface area contributed by atoms with Crippen LogP contribution in [0.15, 0.2) is 42.5 Å². The predicted molar refractivity (Wildman–Crippen MR) is 104 cm³/mol. The Morgan fingerprint density at radius 2 is 1.96 bits per heavy atom. The van der Waals surface area contributed by atoms with Gasteiger partial charge in [-0.2, -0.15) is 0 Å². The van der Waals surface area contributed by atoms with Gasteiger partial charge in [0.1, 0.15) is 0 Å². The monoisotopic (exact) mass is 392 g/mol. The average molecular weight is 393 g/mol. The van der Waals surface area contributed by atoms with E-state index in [4.69, 9.17) is 11.6 Å². The lowest BCUT2D eigenvalue weighted by molar-refractivity contribution is 0.0951. The second kappa shape index (κ2) is 7.68. The maximum Gasteiger partial charge on any atom is 0.251 e. The van der Waals surface area contributed by atoms with Gasteiger partial charge < -0.3 is 5.32 Å². The lowest BCUT2D eigenvalue weighted by Gasteiger charge is -2.29. The molecule has 0 bridgehead atoms. The molecule has 3 rings (SSSR count). The fourth-order valence-electron chi connectivity index (χ4n) is 2.99. The van der Waals surface area contributed by atoms with E-state index in [1.165, 1.54) is 4.31 Å². The van der Waals surface area contributed by atoms with Gasteiger partial charge in [0.15, 0.2) is 0 Å². The SMILES string of the molecule is Cc1ccccc1CNC(=O)c1ccc(Cl)c(N2CCCCS2(=O)=O)c1. The molecule has 26 heavy (non-hydrogen) atoms. The lowest BCUT2D eigenvalue weighted by Crippen LogP contribution is -2.38. The van der Waals surface area contributed by atoms with E-state index < -0.39 is 10.0 Å². The fraction of sp³-hybridized carbons (Fsp3) is 0.316. The maximum atomic E-state index is 12.5. The van der Waals surface area contributed by atoms with Gasteiger partial charge in [-0.3, -0.25) is 9.10 Å². The van der Waals surface area contributed by atoms with Crippen LogP contribution in [0, 0.1) is 6.92 Å². The second-order valence-corrected chi connectivity index (χ2v) is 8.79. The molecule has 1 aliphatic heterocycles. The molecule has 0 aliphatic carbocycles. The Morgan fingerprint density at radius 1 is 1.19 bits per heavy atom. The summed E-state index contributed by atoms with van der Waals surface area (Å²) in [6.07, 6.45) is 1.42. The summed E-state index contributed by atoms with van der Waals surface area (Å²) in [7, 11) is -3.39. The van der Waals surface area contributed by atoms with Gasteiger partial charge in [0, 0.05) is 18.7 Å². The molecular formula is C19H21ClN2O3S. The molecule has 1 amide bonds. The smallest absolute Gasteiger partial charge is 0.251 e. The minimum atomic E-state index is -3.39. The molecule has 2 aromatic rings. The van der Waals surface area contributed by atoms with Crippen LogP contribution in [0.3, 0.4) is 0 Å². The summed E-state index contributed by atoms with van der Waals surface area (Å²) in [5, 5.41) is 3.20. The van der Waals surface area contributed by atoms with Crippen molar-refractivity contribution in [2.24, 2.45) is 0 Å². The highest BCUT2D eigenvalue weighted by Crippen LogP contribution is 2.31. The fourth-order valence-corrected chi connectivity index (χ4v) is 4.91. The zero-order chi connectivity index (χ0) is 18.7. The van der Waals surface area contributed by atoms with Crippen LogP contribution in [0.1, 0.15) is 34.3 Å². The van der Waals surface area contributed by atoms with Crippen molar-refractivity contribution < 1.29 is 13.2 Å². The number of nitrogens with zero attached hydrogens (tertiary/aromatic N) is 1. The molecule has 2 aromatic carbocycles. The van der Waals surface area contributed by atoms with Crippen LogP contribution >= 0.6 is 11.6 Å². The van der Waals surface area contributed by atoms with Crippen molar-refractivity contribution in [3.05, 3.63) is 64.2 Å². The average Bonchev–Trinajstić information content (AvgIpc) is 2.61. The third kappa shape index (κ3) is 4.02. The van der Waals surface area contributed by atoms with Crippen LogP contribution in [0.2, 0.25) is 5.02 Å². The molecule has 138 valence electrons. The highest BCUT2D eigenvalue weighted by atomic mass is 35.5. The highest BCUT2D eigenvalue weighted by Gasteiger charge is 2.28. The first-order valence-electron chi connectivity index (χ1n) is 8.51. The van der Waals surface area contributed by atoms with Gasteiger partial charge in [-0.05, 0) is 49.1 Å². The molecule has 0 radical (unpaired) electrons. The first kappa shape index (κ1) is 18.7. The molecule has 0 aromatic heterocycles. The molecule has 1 heterocycles. The molecule has 1 fully saturated rings. The van der Waals surface area contributed by atoms with E-state index >= 15 is 0 Å². The van der Waals surface area contributed by atoms with Crippen molar-refractivity contribution >= 4 is 33.2 Å². The number of rotatable bonds is 4. The van der Waals surface area contributed by atoms with Gasteiger partial charge in [-0.15, -0.1) is 0 Å². The summed E-state index contributed by atoms with van der Waals surface area (Å²) in [6, 6.07) is 12.6. The standard InChI is InChI=1S/C19H21ClN2O3S/c1-14-6-2-3-7-16(14)13-21-19(23)15-8-9-17(20)18(12-15)22-10-4-5-11-26(22,24)25/h2-3,6-9,12H,4-5,10-11,13H2,1H3,(H,21,23). The van der Waals surface area contributed by atoms with Crippen LogP contribution in [0.5, 0.6) is 0 Å². The van der Waals surface area contributed by atoms with E-state index in [9.17, 15) is 13.2 Å². The Kier molecular flexibility index (Phi) is 5.53. The molecule has 1 aliphatic rings. The number of sulfonamides is 1. The molecule has 7 heteroatoms. The zero-order valence-corrected chi connectivity index (χ0v) is 16.1. The number of benzene rings is 2. The molecule has 0 unspecified atom stereocenters. The summed E-state index contributed by atoms with van der Waals surface area (Å²) in [6.45, 7) is 2.78. The number of nitrogens with one attached hydrogen (secondary N) is 1. The van der Waals surface area contributed by atoms with Gasteiger partial charge >= 0.3 is 0 Å². The number of halogens is 1. The van der Waals surface area contributed by atoms with Crippen molar-refractivity contribution in [1.29, 1.82) is 0 Å². The number of hydrogen-bond acceptors (Lipinski definition) is 3. The molecule has 1 saturated heterocycles. The summed E-state index contributed by atoms with van der Waals surface area (Å²) in [4.78, 5) is 12.5. The molecule has 0 saturated carbocycles. The summed E-state index contributed by atoms with van der Waals surface area (Å²) >= 11 is 6.22. The summed E-state index contributed by atoms with van der Waals surface area (Å²) < 4.78 is 26.0. The highest BCUT2D eigenvalue weighted by molar-refractivity contribution is 7.92. The van der Waals surface area contributed by atoms with Crippen molar-refractivity contribution in [2.75, 3.05) is 16.6 Å². The van der Waals surface area contributed by atoms with E-state index in [0.717, 1.165) is 17.5 Å². The van der Waals surface area contributed by atoms with Gasteiger partial charge in [0.2, 0.25) is 10.0 Å². The van der Waals surface area contributed by atoms with Crippen LogP contribution in [0.4, 0.5) is 5.69 Å². The number of anilines is 1. The number of aryl methyl sites for hydroxylation is 1. The Morgan fingerprint density at radius 3 is 2.69 bits per heavy atom.